The van der Waals surface area contributed by atoms with Crippen LogP contribution in [-0.2, 0) is 16.1 Å². The van der Waals surface area contributed by atoms with E-state index in [-0.39, 0.29) is 18.4 Å². The number of hydrogen-bond acceptors (Lipinski definition) is 6. The first kappa shape index (κ1) is 19.7. The van der Waals surface area contributed by atoms with Crippen LogP contribution in [0.1, 0.15) is 28.8 Å². The molecule has 0 bridgehead atoms. The van der Waals surface area contributed by atoms with Gasteiger partial charge in [0.1, 0.15) is 23.0 Å². The van der Waals surface area contributed by atoms with Gasteiger partial charge >= 0.3 is 5.97 Å². The van der Waals surface area contributed by atoms with Gasteiger partial charge in [0.25, 0.3) is 5.91 Å². The standard InChI is InChI=1S/C22H18N2O5S/c1-2-27-21(26)15-7-5-14(6-8-15)19-10-9-16(29-19)12-18-20(25)24(22(30)23-18)13-17-4-3-11-28-17/h3-12H,2,13H2,1H3,(H,23,30). The summed E-state index contributed by atoms with van der Waals surface area (Å²) >= 11 is 5.26. The molecule has 0 atom stereocenters. The van der Waals surface area contributed by atoms with Crippen molar-refractivity contribution in [2.75, 3.05) is 6.61 Å². The second-order valence-electron chi connectivity index (χ2n) is 6.46. The van der Waals surface area contributed by atoms with Gasteiger partial charge in [-0.2, -0.15) is 0 Å². The van der Waals surface area contributed by atoms with Crippen molar-refractivity contribution in [3.8, 4) is 11.3 Å². The summed E-state index contributed by atoms with van der Waals surface area (Å²) in [4.78, 5) is 25.8. The van der Waals surface area contributed by atoms with Gasteiger partial charge in [-0.1, -0.05) is 12.1 Å². The lowest BCUT2D eigenvalue weighted by Gasteiger charge is -2.11. The van der Waals surface area contributed by atoms with Gasteiger partial charge in [-0.15, -0.1) is 0 Å². The number of nitrogens with one attached hydrogen (secondary N) is 1. The van der Waals surface area contributed by atoms with Crippen LogP contribution in [0.5, 0.6) is 0 Å². The fourth-order valence-corrected chi connectivity index (χ4v) is 3.24. The van der Waals surface area contributed by atoms with E-state index in [9.17, 15) is 9.59 Å². The van der Waals surface area contributed by atoms with Gasteiger partial charge < -0.3 is 18.9 Å². The Balaban J connectivity index is 1.49. The van der Waals surface area contributed by atoms with E-state index in [1.165, 1.54) is 4.90 Å². The van der Waals surface area contributed by atoms with Crippen molar-refractivity contribution < 1.29 is 23.2 Å². The number of amides is 1. The molecule has 8 heteroatoms. The molecular weight excluding hydrogens is 404 g/mol. The molecule has 0 spiro atoms. The molecule has 152 valence electrons. The summed E-state index contributed by atoms with van der Waals surface area (Å²) in [6.07, 6.45) is 3.15. The molecule has 0 aliphatic carbocycles. The quantitative estimate of drug-likeness (QED) is 0.365. The minimum atomic E-state index is -0.366. The lowest BCUT2D eigenvalue weighted by molar-refractivity contribution is -0.122. The first-order chi connectivity index (χ1) is 14.5. The number of carbonyl (C=O) groups excluding carboxylic acids is 2. The molecule has 1 aromatic carbocycles. The zero-order chi connectivity index (χ0) is 21.1. The predicted molar refractivity (Wildman–Crippen MR) is 113 cm³/mol. The van der Waals surface area contributed by atoms with Gasteiger partial charge in [-0.3, -0.25) is 9.69 Å². The van der Waals surface area contributed by atoms with Crippen molar-refractivity contribution in [2.45, 2.75) is 13.5 Å². The third kappa shape index (κ3) is 4.04. The third-order valence-electron chi connectivity index (χ3n) is 4.45. The van der Waals surface area contributed by atoms with Crippen LogP contribution in [-0.4, -0.2) is 28.5 Å². The fraction of sp³-hybridized carbons (Fsp3) is 0.136. The van der Waals surface area contributed by atoms with Gasteiger partial charge in [0.2, 0.25) is 0 Å². The van der Waals surface area contributed by atoms with Crippen molar-refractivity contribution in [2.24, 2.45) is 0 Å². The topological polar surface area (TPSA) is 84.9 Å². The van der Waals surface area contributed by atoms with E-state index in [1.807, 2.05) is 0 Å². The van der Waals surface area contributed by atoms with Crippen LogP contribution in [0.2, 0.25) is 0 Å². The Bertz CT molecular complexity index is 1110. The lowest BCUT2D eigenvalue weighted by atomic mass is 10.1. The summed E-state index contributed by atoms with van der Waals surface area (Å²) in [6, 6.07) is 14.0. The Morgan fingerprint density at radius 3 is 2.70 bits per heavy atom. The fourth-order valence-electron chi connectivity index (χ4n) is 2.99. The van der Waals surface area contributed by atoms with E-state index in [2.05, 4.69) is 5.32 Å². The maximum absolute atomic E-state index is 12.7. The number of benzene rings is 1. The zero-order valence-corrected chi connectivity index (χ0v) is 16.9. The number of hydrogen-bond donors (Lipinski definition) is 1. The largest absolute Gasteiger partial charge is 0.467 e. The highest BCUT2D eigenvalue weighted by molar-refractivity contribution is 7.80. The SMILES string of the molecule is CCOC(=O)c1ccc(-c2ccc(C=C3NC(=S)N(Cc4ccco4)C3=O)o2)cc1. The molecule has 1 aliphatic heterocycles. The van der Waals surface area contributed by atoms with Crippen LogP contribution >= 0.6 is 12.2 Å². The number of nitrogens with zero attached hydrogens (tertiary/aromatic N) is 1. The van der Waals surface area contributed by atoms with Crippen molar-refractivity contribution in [1.82, 2.24) is 10.2 Å². The molecule has 0 saturated carbocycles. The number of rotatable bonds is 6. The van der Waals surface area contributed by atoms with E-state index in [4.69, 9.17) is 25.8 Å². The van der Waals surface area contributed by atoms with Gasteiger partial charge in [-0.05, 0) is 55.5 Å². The highest BCUT2D eigenvalue weighted by Gasteiger charge is 2.31. The molecule has 1 aliphatic rings. The van der Waals surface area contributed by atoms with E-state index >= 15 is 0 Å². The zero-order valence-electron chi connectivity index (χ0n) is 16.1. The molecule has 3 heterocycles. The Hall–Kier alpha value is -3.65. The predicted octanol–water partition coefficient (Wildman–Crippen LogP) is 3.97. The van der Waals surface area contributed by atoms with Crippen LogP contribution in [0, 0.1) is 0 Å². The van der Waals surface area contributed by atoms with Gasteiger partial charge in [0.05, 0.1) is 25.0 Å². The van der Waals surface area contributed by atoms with Gasteiger partial charge in [0, 0.05) is 11.6 Å². The van der Waals surface area contributed by atoms with Crippen LogP contribution in [0.25, 0.3) is 17.4 Å². The van der Waals surface area contributed by atoms with E-state index in [1.54, 1.807) is 67.8 Å². The summed E-state index contributed by atoms with van der Waals surface area (Å²) in [5, 5.41) is 3.22. The first-order valence-corrected chi connectivity index (χ1v) is 9.70. The number of esters is 1. The summed E-state index contributed by atoms with van der Waals surface area (Å²) in [7, 11) is 0. The summed E-state index contributed by atoms with van der Waals surface area (Å²) in [6.45, 7) is 2.34. The second-order valence-corrected chi connectivity index (χ2v) is 6.85. The number of furan rings is 2. The van der Waals surface area contributed by atoms with Crippen LogP contribution in [0.3, 0.4) is 0 Å². The molecule has 0 radical (unpaired) electrons. The van der Waals surface area contributed by atoms with Crippen LogP contribution < -0.4 is 5.32 Å². The first-order valence-electron chi connectivity index (χ1n) is 9.29. The van der Waals surface area contributed by atoms with Crippen LogP contribution in [0.15, 0.2) is 69.3 Å². The molecule has 1 saturated heterocycles. The molecule has 1 fully saturated rings. The Morgan fingerprint density at radius 1 is 1.20 bits per heavy atom. The second kappa shape index (κ2) is 8.38. The highest BCUT2D eigenvalue weighted by Crippen LogP contribution is 2.25. The van der Waals surface area contributed by atoms with Crippen LogP contribution in [0.4, 0.5) is 0 Å². The molecule has 2 aromatic heterocycles. The summed E-state index contributed by atoms with van der Waals surface area (Å²) in [5.74, 6) is 1.12. The van der Waals surface area contributed by atoms with Crippen molar-refractivity contribution in [3.05, 3.63) is 77.6 Å². The van der Waals surface area contributed by atoms with E-state index < -0.39 is 0 Å². The molecule has 1 N–H and O–H groups in total. The Morgan fingerprint density at radius 2 is 2.00 bits per heavy atom. The third-order valence-corrected chi connectivity index (χ3v) is 4.77. The number of carbonyl (C=O) groups is 2. The Kier molecular flexibility index (Phi) is 5.49. The number of ether oxygens (including phenoxy) is 1. The monoisotopic (exact) mass is 422 g/mol. The summed E-state index contributed by atoms with van der Waals surface area (Å²) < 4.78 is 16.1. The van der Waals surface area contributed by atoms with Crippen molar-refractivity contribution in [3.63, 3.8) is 0 Å². The minimum Gasteiger partial charge on any atom is -0.467 e. The van der Waals surface area contributed by atoms with Gasteiger partial charge in [-0.25, -0.2) is 4.79 Å². The number of thiocarbonyl (C=S) groups is 1. The molecule has 3 aromatic rings. The molecule has 0 unspecified atom stereocenters. The summed E-state index contributed by atoms with van der Waals surface area (Å²) in [5.41, 5.74) is 1.60. The normalized spacial score (nSPS) is 15.0. The molecule has 1 amide bonds. The maximum atomic E-state index is 12.7. The lowest BCUT2D eigenvalue weighted by Crippen LogP contribution is -2.29. The highest BCUT2D eigenvalue weighted by atomic mass is 32.1. The molecule has 4 rings (SSSR count). The molecule has 7 nitrogen and oxygen atoms in total. The smallest absolute Gasteiger partial charge is 0.338 e. The maximum Gasteiger partial charge on any atom is 0.338 e. The van der Waals surface area contributed by atoms with Crippen molar-refractivity contribution >= 4 is 35.3 Å². The Labute approximate surface area is 177 Å². The minimum absolute atomic E-state index is 0.255. The van der Waals surface area contributed by atoms with E-state index in [0.717, 1.165) is 5.56 Å². The van der Waals surface area contributed by atoms with Gasteiger partial charge in [0.15, 0.2) is 5.11 Å². The average Bonchev–Trinajstić information content (AvgIpc) is 3.48. The molecular formula is C22H18N2O5S. The van der Waals surface area contributed by atoms with E-state index in [0.29, 0.717) is 40.3 Å². The average molecular weight is 422 g/mol. The molecule has 30 heavy (non-hydrogen) atoms. The van der Waals surface area contributed by atoms with Crippen molar-refractivity contribution in [1.29, 1.82) is 0 Å².